The maximum absolute atomic E-state index is 12.4. The molecule has 2 saturated heterocycles. The van der Waals surface area contributed by atoms with Crippen LogP contribution < -0.4 is 9.47 Å². The molecule has 22 nitrogen and oxygen atoms in total. The molecule has 0 bridgehead atoms. The van der Waals surface area contributed by atoms with Crippen LogP contribution in [0.3, 0.4) is 0 Å². The van der Waals surface area contributed by atoms with E-state index in [1.54, 1.807) is 0 Å². The number of carboxylic acids is 1. The second-order valence-corrected chi connectivity index (χ2v) is 12.3. The summed E-state index contributed by atoms with van der Waals surface area (Å²) < 4.78 is 66.7. The van der Waals surface area contributed by atoms with E-state index in [9.17, 15) is 48.3 Å². The summed E-state index contributed by atoms with van der Waals surface area (Å²) in [5.74, 6) is -9.55. The van der Waals surface area contributed by atoms with E-state index in [0.29, 0.717) is 0 Å². The summed E-state index contributed by atoms with van der Waals surface area (Å²) in [6.07, 6.45) is -16.6. The van der Waals surface area contributed by atoms with Crippen LogP contribution >= 0.6 is 0 Å². The molecule has 0 radical (unpaired) electrons. The van der Waals surface area contributed by atoms with Crippen molar-refractivity contribution in [2.75, 3.05) is 13.2 Å². The summed E-state index contributed by atoms with van der Waals surface area (Å²) in [7, 11) is 0. The van der Waals surface area contributed by atoms with Crippen molar-refractivity contribution in [1.29, 1.82) is 0 Å². The Labute approximate surface area is 324 Å². The van der Waals surface area contributed by atoms with Crippen LogP contribution in [0, 0.1) is 0 Å². The van der Waals surface area contributed by atoms with Crippen LogP contribution in [0.4, 0.5) is 0 Å². The molecule has 2 heterocycles. The SMILES string of the molecule is CC(=O)OC[C@@H]1O[C@H](Oc2ccc(C(=O)O)cc2O[C@@H]2O[C@H](COC(C)=O)[C@H](OC(C)=O)[C@@H](OC(C)=O)[C@@H]2OC(C)=O)[C@@H](OC(C)=O)[C@H](OC(C)=O)[C@H]1OC(C)=O. The van der Waals surface area contributed by atoms with Gasteiger partial charge in [0.05, 0.1) is 5.56 Å². The second-order valence-electron chi connectivity index (χ2n) is 12.3. The summed E-state index contributed by atoms with van der Waals surface area (Å²) >= 11 is 0. The van der Waals surface area contributed by atoms with Crippen molar-refractivity contribution in [2.45, 2.75) is 117 Å². The first kappa shape index (κ1) is 45.4. The van der Waals surface area contributed by atoms with Crippen molar-refractivity contribution in [3.05, 3.63) is 23.8 Å². The molecule has 10 atom stereocenters. The fourth-order valence-corrected chi connectivity index (χ4v) is 5.65. The van der Waals surface area contributed by atoms with Gasteiger partial charge in [0.1, 0.15) is 25.4 Å². The highest BCUT2D eigenvalue weighted by atomic mass is 16.8. The number of carboxylic acid groups (broad SMARTS) is 1. The Balaban J connectivity index is 2.20. The minimum atomic E-state index is -1.88. The number of benzene rings is 1. The van der Waals surface area contributed by atoms with Gasteiger partial charge in [-0.3, -0.25) is 38.4 Å². The van der Waals surface area contributed by atoms with E-state index in [1.807, 2.05) is 0 Å². The van der Waals surface area contributed by atoms with Crippen LogP contribution in [-0.4, -0.2) is 133 Å². The zero-order valence-electron chi connectivity index (χ0n) is 31.9. The van der Waals surface area contributed by atoms with Gasteiger partial charge in [-0.1, -0.05) is 0 Å². The van der Waals surface area contributed by atoms with Crippen LogP contribution in [-0.2, 0) is 85.7 Å². The Kier molecular flexibility index (Phi) is 16.1. The molecule has 0 aliphatic carbocycles. The molecular weight excluding hydrogens is 772 g/mol. The molecule has 2 fully saturated rings. The van der Waals surface area contributed by atoms with Gasteiger partial charge < -0.3 is 61.9 Å². The molecule has 0 saturated carbocycles. The standard InChI is InChI=1S/C35H42O22/c1-14(36)46-12-25-27(48-16(3)38)29(50-18(5)40)31(52-20(7)42)34(56-25)54-23-10-9-22(33(44)45)11-24(23)55-35-32(53-21(8)43)30(51-19(6)41)28(49-17(4)39)26(57-35)13-47-15(2)37/h9-11,25-32,34-35H,12-13H2,1-8H3,(H,44,45)/t25-,26+,27-,28-,29+,30+,31-,32-,34-,35+/m0/s1. The van der Waals surface area contributed by atoms with Gasteiger partial charge in [-0.05, 0) is 18.2 Å². The molecule has 1 aromatic rings. The van der Waals surface area contributed by atoms with Crippen LogP contribution in [0.25, 0.3) is 0 Å². The van der Waals surface area contributed by atoms with Crippen molar-refractivity contribution in [3.8, 4) is 11.5 Å². The monoisotopic (exact) mass is 814 g/mol. The summed E-state index contributed by atoms with van der Waals surface area (Å²) in [6.45, 7) is 6.94. The second kappa shape index (κ2) is 20.2. The maximum Gasteiger partial charge on any atom is 0.335 e. The molecule has 0 amide bonds. The number of hydrogen-bond acceptors (Lipinski definition) is 21. The smallest absolute Gasteiger partial charge is 0.335 e. The number of carbonyl (C=O) groups excluding carboxylic acids is 8. The number of hydrogen-bond donors (Lipinski definition) is 1. The fourth-order valence-electron chi connectivity index (χ4n) is 5.65. The van der Waals surface area contributed by atoms with Crippen molar-refractivity contribution in [1.82, 2.24) is 0 Å². The molecule has 0 spiro atoms. The Hall–Kier alpha value is -6.03. The van der Waals surface area contributed by atoms with E-state index in [0.717, 1.165) is 73.6 Å². The Bertz CT molecular complexity index is 1700. The summed E-state index contributed by atoms with van der Waals surface area (Å²) in [5.41, 5.74) is -0.412. The average Bonchev–Trinajstić information content (AvgIpc) is 3.07. The topological polar surface area (TPSA) is 285 Å². The largest absolute Gasteiger partial charge is 0.478 e. The van der Waals surface area contributed by atoms with Gasteiger partial charge in [0, 0.05) is 55.4 Å². The Morgan fingerprint density at radius 3 is 1.14 bits per heavy atom. The molecule has 22 heteroatoms. The Morgan fingerprint density at radius 1 is 0.474 bits per heavy atom. The first-order valence-electron chi connectivity index (χ1n) is 17.0. The zero-order valence-corrected chi connectivity index (χ0v) is 31.9. The van der Waals surface area contributed by atoms with Gasteiger partial charge in [0.25, 0.3) is 0 Å². The normalized spacial score (nSPS) is 26.6. The minimum absolute atomic E-state index is 0.409. The van der Waals surface area contributed by atoms with E-state index in [1.165, 1.54) is 0 Å². The summed E-state index contributed by atoms with van der Waals surface area (Å²) in [6, 6.07) is 3.05. The Morgan fingerprint density at radius 2 is 0.807 bits per heavy atom. The first-order chi connectivity index (χ1) is 26.7. The lowest BCUT2D eigenvalue weighted by atomic mass is 9.98. The van der Waals surface area contributed by atoms with Crippen LogP contribution in [0.5, 0.6) is 11.5 Å². The minimum Gasteiger partial charge on any atom is -0.478 e. The van der Waals surface area contributed by atoms with E-state index in [-0.39, 0.29) is 0 Å². The highest BCUT2D eigenvalue weighted by molar-refractivity contribution is 5.88. The molecule has 314 valence electrons. The van der Waals surface area contributed by atoms with Gasteiger partial charge in [0.15, 0.2) is 35.9 Å². The molecule has 57 heavy (non-hydrogen) atoms. The fraction of sp³-hybridized carbons (Fsp3) is 0.571. The van der Waals surface area contributed by atoms with Crippen LogP contribution in [0.15, 0.2) is 18.2 Å². The van der Waals surface area contributed by atoms with Gasteiger partial charge >= 0.3 is 53.7 Å². The molecular formula is C35H42O22. The van der Waals surface area contributed by atoms with E-state index < -0.39 is 145 Å². The number of aromatic carboxylic acids is 1. The molecule has 0 unspecified atom stereocenters. The molecule has 1 N–H and O–H groups in total. The summed E-state index contributed by atoms with van der Waals surface area (Å²) in [5, 5.41) is 9.86. The quantitative estimate of drug-likeness (QED) is 0.184. The lowest BCUT2D eigenvalue weighted by Gasteiger charge is -2.44. The van der Waals surface area contributed by atoms with Gasteiger partial charge in [0.2, 0.25) is 24.8 Å². The average molecular weight is 815 g/mol. The van der Waals surface area contributed by atoms with Crippen LogP contribution in [0.1, 0.15) is 65.7 Å². The van der Waals surface area contributed by atoms with Crippen molar-refractivity contribution in [3.63, 3.8) is 0 Å². The number of rotatable bonds is 15. The number of esters is 8. The molecule has 0 aromatic heterocycles. The first-order valence-corrected chi connectivity index (χ1v) is 17.0. The van der Waals surface area contributed by atoms with Gasteiger partial charge in [-0.15, -0.1) is 0 Å². The highest BCUT2D eigenvalue weighted by Crippen LogP contribution is 2.38. The van der Waals surface area contributed by atoms with E-state index >= 15 is 0 Å². The lowest BCUT2D eigenvalue weighted by molar-refractivity contribution is -0.292. The lowest BCUT2D eigenvalue weighted by Crippen LogP contribution is -2.64. The predicted molar refractivity (Wildman–Crippen MR) is 179 cm³/mol. The van der Waals surface area contributed by atoms with Crippen molar-refractivity contribution < 1.29 is 105 Å². The highest BCUT2D eigenvalue weighted by Gasteiger charge is 2.55. The third-order valence-electron chi connectivity index (χ3n) is 7.57. The van der Waals surface area contributed by atoms with Gasteiger partial charge in [-0.25, -0.2) is 4.79 Å². The van der Waals surface area contributed by atoms with E-state index in [4.69, 9.17) is 56.8 Å². The van der Waals surface area contributed by atoms with Crippen molar-refractivity contribution in [2.24, 2.45) is 0 Å². The van der Waals surface area contributed by atoms with Gasteiger partial charge in [-0.2, -0.15) is 0 Å². The van der Waals surface area contributed by atoms with Crippen LogP contribution in [0.2, 0.25) is 0 Å². The maximum atomic E-state index is 12.4. The summed E-state index contributed by atoms with van der Waals surface area (Å²) in [4.78, 5) is 109. The predicted octanol–water partition coefficient (Wildman–Crippen LogP) is 0.309. The number of carbonyl (C=O) groups is 9. The third kappa shape index (κ3) is 13.3. The molecule has 2 aliphatic heterocycles. The zero-order chi connectivity index (χ0) is 42.7. The molecule has 1 aromatic carbocycles. The van der Waals surface area contributed by atoms with E-state index in [2.05, 4.69) is 0 Å². The third-order valence-corrected chi connectivity index (χ3v) is 7.57. The molecule has 3 rings (SSSR count). The number of ether oxygens (including phenoxy) is 12. The van der Waals surface area contributed by atoms with Crippen molar-refractivity contribution >= 4 is 53.7 Å². The molecule has 2 aliphatic rings.